The van der Waals surface area contributed by atoms with Crippen LogP contribution in [-0.4, -0.2) is 30.6 Å². The fourth-order valence-electron chi connectivity index (χ4n) is 2.96. The van der Waals surface area contributed by atoms with Gasteiger partial charge in [0, 0.05) is 22.3 Å². The first-order valence-electron chi connectivity index (χ1n) is 9.03. The van der Waals surface area contributed by atoms with Crippen molar-refractivity contribution in [3.8, 4) is 53.8 Å². The van der Waals surface area contributed by atoms with Gasteiger partial charge >= 0.3 is 0 Å². The number of hydrogen-bond acceptors (Lipinski definition) is 8. The number of benzene rings is 3. The number of aromatic nitrogens is 4. The molecule has 0 aliphatic carbocycles. The van der Waals surface area contributed by atoms with E-state index in [2.05, 4.69) is 20.4 Å². The van der Waals surface area contributed by atoms with Crippen molar-refractivity contribution < 1.29 is 10.2 Å². The average Bonchev–Trinajstić information content (AvgIpc) is 3.45. The molecule has 0 saturated heterocycles. The van der Waals surface area contributed by atoms with Gasteiger partial charge in [-0.05, 0) is 48.5 Å². The summed E-state index contributed by atoms with van der Waals surface area (Å²) in [6, 6.07) is 21.7. The van der Waals surface area contributed by atoms with Crippen molar-refractivity contribution in [3.63, 3.8) is 0 Å². The van der Waals surface area contributed by atoms with Gasteiger partial charge in [-0.1, -0.05) is 46.9 Å². The van der Waals surface area contributed by atoms with Gasteiger partial charge in [-0.15, -0.1) is 20.4 Å². The Morgan fingerprint density at radius 1 is 0.467 bits per heavy atom. The summed E-state index contributed by atoms with van der Waals surface area (Å²) >= 11 is 2.97. The standard InChI is InChI=1S/C22H14N4O2S2/c27-15-9-5-13(6-10-15)19-23-25-21(29-19)17-3-1-2-4-18(17)22-26-24-20(30-22)14-7-11-16(28)12-8-14/h1-12,27-28H. The lowest BCUT2D eigenvalue weighted by Gasteiger charge is -2.02. The van der Waals surface area contributed by atoms with Crippen molar-refractivity contribution in [2.75, 3.05) is 0 Å². The van der Waals surface area contributed by atoms with E-state index in [4.69, 9.17) is 0 Å². The zero-order valence-electron chi connectivity index (χ0n) is 15.4. The maximum Gasteiger partial charge on any atom is 0.148 e. The van der Waals surface area contributed by atoms with E-state index in [-0.39, 0.29) is 11.5 Å². The minimum absolute atomic E-state index is 0.217. The molecule has 2 heterocycles. The minimum Gasteiger partial charge on any atom is -0.508 e. The maximum absolute atomic E-state index is 9.49. The van der Waals surface area contributed by atoms with Crippen molar-refractivity contribution in [2.45, 2.75) is 0 Å². The van der Waals surface area contributed by atoms with Crippen LogP contribution >= 0.6 is 22.7 Å². The molecule has 5 aromatic rings. The molecule has 0 radical (unpaired) electrons. The van der Waals surface area contributed by atoms with Crippen LogP contribution in [0.3, 0.4) is 0 Å². The van der Waals surface area contributed by atoms with E-state index in [9.17, 15) is 10.2 Å². The summed E-state index contributed by atoms with van der Waals surface area (Å²) in [6.45, 7) is 0. The molecule has 5 rings (SSSR count). The molecule has 146 valence electrons. The molecule has 30 heavy (non-hydrogen) atoms. The summed E-state index contributed by atoms with van der Waals surface area (Å²) in [5.41, 5.74) is 3.68. The third-order valence-electron chi connectivity index (χ3n) is 4.47. The van der Waals surface area contributed by atoms with Crippen molar-refractivity contribution in [1.82, 2.24) is 20.4 Å². The third-order valence-corrected chi connectivity index (χ3v) is 6.48. The van der Waals surface area contributed by atoms with Crippen LogP contribution in [0.4, 0.5) is 0 Å². The predicted molar refractivity (Wildman–Crippen MR) is 118 cm³/mol. The Balaban J connectivity index is 1.51. The van der Waals surface area contributed by atoms with Crippen molar-refractivity contribution in [3.05, 3.63) is 72.8 Å². The molecule has 2 N–H and O–H groups in total. The molecule has 0 bridgehead atoms. The first-order chi connectivity index (χ1) is 14.7. The lowest BCUT2D eigenvalue weighted by molar-refractivity contribution is 0.475. The van der Waals surface area contributed by atoms with E-state index in [1.807, 2.05) is 48.5 Å². The molecule has 0 aliphatic rings. The van der Waals surface area contributed by atoms with Crippen LogP contribution < -0.4 is 0 Å². The molecule has 3 aromatic carbocycles. The highest BCUT2D eigenvalue weighted by Crippen LogP contribution is 2.38. The molecular formula is C22H14N4O2S2. The van der Waals surface area contributed by atoms with E-state index in [0.717, 1.165) is 42.3 Å². The van der Waals surface area contributed by atoms with Crippen molar-refractivity contribution >= 4 is 22.7 Å². The van der Waals surface area contributed by atoms with E-state index >= 15 is 0 Å². The minimum atomic E-state index is 0.217. The van der Waals surface area contributed by atoms with Crippen LogP contribution in [0.25, 0.3) is 42.3 Å². The van der Waals surface area contributed by atoms with Gasteiger partial charge in [0.2, 0.25) is 0 Å². The molecule has 8 heteroatoms. The van der Waals surface area contributed by atoms with Gasteiger partial charge in [-0.3, -0.25) is 0 Å². The topological polar surface area (TPSA) is 92.0 Å². The summed E-state index contributed by atoms with van der Waals surface area (Å²) in [7, 11) is 0. The Kier molecular flexibility index (Phi) is 4.70. The fraction of sp³-hybridized carbons (Fsp3) is 0. The molecule has 0 aliphatic heterocycles. The second-order valence-corrected chi connectivity index (χ2v) is 8.42. The van der Waals surface area contributed by atoms with Crippen LogP contribution in [0.5, 0.6) is 11.5 Å². The predicted octanol–water partition coefficient (Wildman–Crippen LogP) is 5.47. The normalized spacial score (nSPS) is 10.9. The highest BCUT2D eigenvalue weighted by Gasteiger charge is 2.16. The Hall–Kier alpha value is -3.62. The molecule has 0 spiro atoms. The molecule has 2 aromatic heterocycles. The number of aromatic hydroxyl groups is 2. The van der Waals surface area contributed by atoms with Crippen LogP contribution in [0.15, 0.2) is 72.8 Å². The van der Waals surface area contributed by atoms with E-state index in [0.29, 0.717) is 0 Å². The SMILES string of the molecule is Oc1ccc(-c2nnc(-c3ccccc3-c3nnc(-c4ccc(O)cc4)s3)s2)cc1. The summed E-state index contributed by atoms with van der Waals surface area (Å²) in [5.74, 6) is 0.434. The maximum atomic E-state index is 9.49. The second-order valence-electron chi connectivity index (χ2n) is 6.46. The van der Waals surface area contributed by atoms with Crippen LogP contribution in [0.2, 0.25) is 0 Å². The molecule has 0 saturated carbocycles. The Morgan fingerprint density at radius 2 is 0.833 bits per heavy atom. The van der Waals surface area contributed by atoms with Crippen molar-refractivity contribution in [2.24, 2.45) is 0 Å². The summed E-state index contributed by atoms with van der Waals surface area (Å²) in [4.78, 5) is 0. The number of rotatable bonds is 4. The average molecular weight is 431 g/mol. The van der Waals surface area contributed by atoms with Crippen LogP contribution in [0, 0.1) is 0 Å². The number of nitrogens with zero attached hydrogens (tertiary/aromatic N) is 4. The Labute approximate surface area is 179 Å². The smallest absolute Gasteiger partial charge is 0.148 e. The molecule has 0 amide bonds. The van der Waals surface area contributed by atoms with E-state index in [1.165, 1.54) is 22.7 Å². The molecule has 0 fully saturated rings. The van der Waals surface area contributed by atoms with Gasteiger partial charge in [0.15, 0.2) is 0 Å². The van der Waals surface area contributed by atoms with Crippen LogP contribution in [-0.2, 0) is 0 Å². The molecule has 0 unspecified atom stereocenters. The summed E-state index contributed by atoms with van der Waals surface area (Å²) in [5, 5.41) is 39.5. The van der Waals surface area contributed by atoms with Crippen LogP contribution in [0.1, 0.15) is 0 Å². The highest BCUT2D eigenvalue weighted by atomic mass is 32.1. The van der Waals surface area contributed by atoms with Gasteiger partial charge in [0.05, 0.1) is 0 Å². The quantitative estimate of drug-likeness (QED) is 0.393. The number of hydrogen-bond donors (Lipinski definition) is 2. The Morgan fingerprint density at radius 3 is 1.23 bits per heavy atom. The van der Waals surface area contributed by atoms with Gasteiger partial charge in [0.25, 0.3) is 0 Å². The third kappa shape index (κ3) is 3.54. The largest absolute Gasteiger partial charge is 0.508 e. The van der Waals surface area contributed by atoms with Gasteiger partial charge in [-0.2, -0.15) is 0 Å². The van der Waals surface area contributed by atoms with Gasteiger partial charge in [0.1, 0.15) is 31.5 Å². The lowest BCUT2D eigenvalue weighted by Crippen LogP contribution is -1.84. The van der Waals surface area contributed by atoms with Crippen molar-refractivity contribution in [1.29, 1.82) is 0 Å². The fourth-order valence-corrected chi connectivity index (χ4v) is 4.74. The molecule has 6 nitrogen and oxygen atoms in total. The first kappa shape index (κ1) is 18.4. The van der Waals surface area contributed by atoms with E-state index in [1.54, 1.807) is 24.3 Å². The van der Waals surface area contributed by atoms with E-state index < -0.39 is 0 Å². The zero-order valence-corrected chi connectivity index (χ0v) is 17.1. The molecular weight excluding hydrogens is 416 g/mol. The van der Waals surface area contributed by atoms with Gasteiger partial charge < -0.3 is 10.2 Å². The highest BCUT2D eigenvalue weighted by molar-refractivity contribution is 7.19. The summed E-state index contributed by atoms with van der Waals surface area (Å²) < 4.78 is 0. The first-order valence-corrected chi connectivity index (χ1v) is 10.7. The number of phenols is 2. The monoisotopic (exact) mass is 430 g/mol. The Bertz CT molecular complexity index is 1210. The van der Waals surface area contributed by atoms with Gasteiger partial charge in [-0.25, -0.2) is 0 Å². The molecule has 0 atom stereocenters. The zero-order chi connectivity index (χ0) is 20.5. The second kappa shape index (κ2) is 7.66. The lowest BCUT2D eigenvalue weighted by atomic mass is 10.1. The summed E-state index contributed by atoms with van der Waals surface area (Å²) in [6.07, 6.45) is 0. The number of phenolic OH excluding ortho intramolecular Hbond substituents is 2.